The van der Waals surface area contributed by atoms with E-state index in [-0.39, 0.29) is 0 Å². The summed E-state index contributed by atoms with van der Waals surface area (Å²) in [7, 11) is 0. The van der Waals surface area contributed by atoms with Crippen LogP contribution in [0.15, 0.2) is 22.0 Å². The molecule has 102 valence electrons. The van der Waals surface area contributed by atoms with Crippen molar-refractivity contribution >= 4 is 44.6 Å². The molecule has 0 amide bonds. The number of carboxylic acids is 1. The van der Waals surface area contributed by atoms with Crippen molar-refractivity contribution in [1.82, 2.24) is 0 Å². The van der Waals surface area contributed by atoms with E-state index in [1.54, 1.807) is 11.3 Å². The van der Waals surface area contributed by atoms with Gasteiger partial charge >= 0.3 is 5.97 Å². The molecule has 0 radical (unpaired) electrons. The summed E-state index contributed by atoms with van der Waals surface area (Å²) in [4.78, 5) is 13.6. The molecule has 0 saturated carbocycles. The Hall–Kier alpha value is -0.850. The molecule has 2 rings (SSSR count). The molecule has 0 fully saturated rings. The van der Waals surface area contributed by atoms with Crippen LogP contribution in [0.2, 0.25) is 0 Å². The fourth-order valence-electron chi connectivity index (χ4n) is 1.63. The van der Waals surface area contributed by atoms with Crippen molar-refractivity contribution in [2.75, 3.05) is 0 Å². The molecule has 0 saturated heterocycles. The van der Waals surface area contributed by atoms with E-state index in [1.807, 2.05) is 18.2 Å². The third-order valence-electron chi connectivity index (χ3n) is 2.44. The Balaban J connectivity index is 2.11. The number of thiophene rings is 2. The van der Waals surface area contributed by atoms with E-state index in [2.05, 4.69) is 22.9 Å². The van der Waals surface area contributed by atoms with E-state index < -0.39 is 5.97 Å². The maximum absolute atomic E-state index is 11.2. The number of aromatic carboxylic acids is 1. The Morgan fingerprint density at radius 1 is 1.37 bits per heavy atom. The van der Waals surface area contributed by atoms with Crippen molar-refractivity contribution < 1.29 is 14.6 Å². The van der Waals surface area contributed by atoms with Crippen molar-refractivity contribution in [3.63, 3.8) is 0 Å². The van der Waals surface area contributed by atoms with Crippen LogP contribution in [0, 0.1) is 0 Å². The van der Waals surface area contributed by atoms with Crippen LogP contribution in [0.3, 0.4) is 0 Å². The fraction of sp³-hybridized carbons (Fsp3) is 0.308. The van der Waals surface area contributed by atoms with Crippen molar-refractivity contribution in [3.05, 3.63) is 36.6 Å². The SMILES string of the molecule is CCCc1cc(OCc2ccc(Br)s2)c(C(=O)O)s1. The molecule has 2 aromatic rings. The van der Waals surface area contributed by atoms with Gasteiger partial charge in [0, 0.05) is 9.75 Å². The van der Waals surface area contributed by atoms with Crippen LogP contribution in [-0.4, -0.2) is 11.1 Å². The molecular weight excluding hydrogens is 348 g/mol. The van der Waals surface area contributed by atoms with Gasteiger partial charge < -0.3 is 9.84 Å². The first-order valence-electron chi connectivity index (χ1n) is 5.83. The molecule has 0 aliphatic heterocycles. The third kappa shape index (κ3) is 3.81. The molecule has 0 aliphatic rings. The molecular formula is C13H13BrO3S2. The Kier molecular flexibility index (Phi) is 5.01. The Morgan fingerprint density at radius 2 is 2.16 bits per heavy atom. The minimum Gasteiger partial charge on any atom is -0.486 e. The van der Waals surface area contributed by atoms with Gasteiger partial charge in [-0.15, -0.1) is 22.7 Å². The number of hydrogen-bond acceptors (Lipinski definition) is 4. The monoisotopic (exact) mass is 360 g/mol. The summed E-state index contributed by atoms with van der Waals surface area (Å²) >= 11 is 6.28. The summed E-state index contributed by atoms with van der Waals surface area (Å²) in [5.41, 5.74) is 0. The van der Waals surface area contributed by atoms with Crippen molar-refractivity contribution in [3.8, 4) is 5.75 Å². The van der Waals surface area contributed by atoms with Crippen molar-refractivity contribution in [1.29, 1.82) is 0 Å². The fourth-order valence-corrected chi connectivity index (χ4v) is 4.06. The second-order valence-corrected chi connectivity index (χ2v) is 7.64. The molecule has 0 aliphatic carbocycles. The lowest BCUT2D eigenvalue weighted by Crippen LogP contribution is -1.98. The van der Waals surface area contributed by atoms with Crippen LogP contribution in [-0.2, 0) is 13.0 Å². The predicted molar refractivity (Wildman–Crippen MR) is 81.6 cm³/mol. The van der Waals surface area contributed by atoms with Gasteiger partial charge in [-0.3, -0.25) is 0 Å². The number of ether oxygens (including phenoxy) is 1. The van der Waals surface area contributed by atoms with Crippen molar-refractivity contribution in [2.45, 2.75) is 26.4 Å². The average Bonchev–Trinajstić information content (AvgIpc) is 2.93. The van der Waals surface area contributed by atoms with E-state index in [0.29, 0.717) is 17.2 Å². The summed E-state index contributed by atoms with van der Waals surface area (Å²) in [6.45, 7) is 2.47. The lowest BCUT2D eigenvalue weighted by Gasteiger charge is -2.02. The zero-order valence-electron chi connectivity index (χ0n) is 10.3. The Labute approximate surface area is 128 Å². The van der Waals surface area contributed by atoms with Gasteiger partial charge in [0.1, 0.15) is 12.4 Å². The maximum Gasteiger partial charge on any atom is 0.349 e. The molecule has 0 atom stereocenters. The number of aryl methyl sites for hydroxylation is 1. The van der Waals surface area contributed by atoms with E-state index in [4.69, 9.17) is 4.74 Å². The van der Waals surface area contributed by atoms with Gasteiger partial charge in [0.05, 0.1) is 3.79 Å². The van der Waals surface area contributed by atoms with Crippen LogP contribution in [0.5, 0.6) is 5.75 Å². The average molecular weight is 361 g/mol. The molecule has 2 aromatic heterocycles. The molecule has 6 heteroatoms. The van der Waals surface area contributed by atoms with Gasteiger partial charge in [-0.25, -0.2) is 4.79 Å². The highest BCUT2D eigenvalue weighted by Crippen LogP contribution is 2.32. The van der Waals surface area contributed by atoms with Gasteiger partial charge in [0.15, 0.2) is 4.88 Å². The molecule has 3 nitrogen and oxygen atoms in total. The van der Waals surface area contributed by atoms with Crippen LogP contribution in [0.4, 0.5) is 0 Å². The summed E-state index contributed by atoms with van der Waals surface area (Å²) in [6.07, 6.45) is 1.88. The summed E-state index contributed by atoms with van der Waals surface area (Å²) in [6, 6.07) is 5.77. The van der Waals surface area contributed by atoms with E-state index >= 15 is 0 Å². The lowest BCUT2D eigenvalue weighted by molar-refractivity contribution is 0.0697. The number of rotatable bonds is 6. The summed E-state index contributed by atoms with van der Waals surface area (Å²) in [5.74, 6) is -0.444. The van der Waals surface area contributed by atoms with E-state index in [9.17, 15) is 9.90 Å². The number of hydrogen-bond donors (Lipinski definition) is 1. The second kappa shape index (κ2) is 6.54. The standard InChI is InChI=1S/C13H13BrO3S2/c1-2-3-8-6-10(12(19-8)13(15)16)17-7-9-4-5-11(14)18-9/h4-6H,2-3,7H2,1H3,(H,15,16). The zero-order valence-corrected chi connectivity index (χ0v) is 13.5. The first kappa shape index (κ1) is 14.6. The second-order valence-electron chi connectivity index (χ2n) is 3.96. The van der Waals surface area contributed by atoms with Crippen LogP contribution < -0.4 is 4.74 Å². The van der Waals surface area contributed by atoms with Gasteiger partial charge in [0.2, 0.25) is 0 Å². The van der Waals surface area contributed by atoms with Crippen LogP contribution in [0.25, 0.3) is 0 Å². The van der Waals surface area contributed by atoms with Crippen LogP contribution in [0.1, 0.15) is 32.8 Å². The summed E-state index contributed by atoms with van der Waals surface area (Å²) < 4.78 is 6.69. The minimum atomic E-state index is -0.922. The third-order valence-corrected chi connectivity index (χ3v) is 5.20. The Bertz CT molecular complexity index is 574. The maximum atomic E-state index is 11.2. The van der Waals surface area contributed by atoms with Gasteiger partial charge in [-0.05, 0) is 40.5 Å². The highest BCUT2D eigenvalue weighted by atomic mass is 79.9. The zero-order chi connectivity index (χ0) is 13.8. The van der Waals surface area contributed by atoms with E-state index in [1.165, 1.54) is 11.3 Å². The molecule has 0 aromatic carbocycles. The highest BCUT2D eigenvalue weighted by molar-refractivity contribution is 9.11. The highest BCUT2D eigenvalue weighted by Gasteiger charge is 2.16. The minimum absolute atomic E-state index is 0.291. The van der Waals surface area contributed by atoms with Crippen molar-refractivity contribution in [2.24, 2.45) is 0 Å². The largest absolute Gasteiger partial charge is 0.486 e. The topological polar surface area (TPSA) is 46.5 Å². The predicted octanol–water partition coefficient (Wildman–Crippen LogP) is 4.80. The Morgan fingerprint density at radius 3 is 2.74 bits per heavy atom. The first-order chi connectivity index (χ1) is 9.10. The molecule has 0 spiro atoms. The quantitative estimate of drug-likeness (QED) is 0.804. The molecule has 0 bridgehead atoms. The molecule has 1 N–H and O–H groups in total. The normalized spacial score (nSPS) is 10.6. The summed E-state index contributed by atoms with van der Waals surface area (Å²) in [5, 5.41) is 9.17. The molecule has 0 unspecified atom stereocenters. The molecule has 19 heavy (non-hydrogen) atoms. The van der Waals surface area contributed by atoms with Gasteiger partial charge in [0.25, 0.3) is 0 Å². The number of halogens is 1. The first-order valence-corrected chi connectivity index (χ1v) is 8.25. The number of carboxylic acid groups (broad SMARTS) is 1. The van der Waals surface area contributed by atoms with E-state index in [0.717, 1.165) is 26.4 Å². The smallest absolute Gasteiger partial charge is 0.349 e. The lowest BCUT2D eigenvalue weighted by atomic mass is 10.3. The van der Waals surface area contributed by atoms with Crippen LogP contribution >= 0.6 is 38.6 Å². The number of carbonyl (C=O) groups is 1. The molecule has 2 heterocycles. The van der Waals surface area contributed by atoms with Gasteiger partial charge in [-0.2, -0.15) is 0 Å². The van der Waals surface area contributed by atoms with Gasteiger partial charge in [-0.1, -0.05) is 13.3 Å².